The summed E-state index contributed by atoms with van der Waals surface area (Å²) in [6, 6.07) is 5.95. The van der Waals surface area contributed by atoms with E-state index in [0.717, 1.165) is 12.8 Å². The van der Waals surface area contributed by atoms with Crippen LogP contribution in [0.25, 0.3) is 0 Å². The molecule has 2 rings (SSSR count). The molecule has 0 saturated carbocycles. The summed E-state index contributed by atoms with van der Waals surface area (Å²) in [4.78, 5) is 12.4. The molecule has 1 fully saturated rings. The van der Waals surface area contributed by atoms with Gasteiger partial charge in [-0.15, -0.1) is 0 Å². The maximum Gasteiger partial charge on any atom is 0.317 e. The van der Waals surface area contributed by atoms with E-state index in [4.69, 9.17) is 15.2 Å². The number of nitrogens with two attached hydrogens (primary N) is 1. The van der Waals surface area contributed by atoms with Gasteiger partial charge in [0.25, 0.3) is 0 Å². The van der Waals surface area contributed by atoms with Crippen LogP contribution in [0.5, 0.6) is 0 Å². The second kappa shape index (κ2) is 7.00. The first-order valence-corrected chi connectivity index (χ1v) is 7.24. The second-order valence-corrected chi connectivity index (χ2v) is 5.54. The number of rotatable bonds is 5. The fourth-order valence-corrected chi connectivity index (χ4v) is 3.01. The largest absolute Gasteiger partial charge is 0.468 e. The van der Waals surface area contributed by atoms with E-state index in [0.29, 0.717) is 31.1 Å². The van der Waals surface area contributed by atoms with Crippen molar-refractivity contribution >= 4 is 5.97 Å². The second-order valence-electron chi connectivity index (χ2n) is 5.54. The molecule has 2 N–H and O–H groups in total. The number of esters is 1. The zero-order chi connectivity index (χ0) is 15.3. The Balaban J connectivity index is 2.32. The number of ether oxygens (including phenoxy) is 2. The van der Waals surface area contributed by atoms with Crippen LogP contribution in [0.15, 0.2) is 24.3 Å². The van der Waals surface area contributed by atoms with E-state index in [9.17, 15) is 9.18 Å². The number of carbonyl (C=O) groups excluding carboxylic acids is 1. The number of hydrogen-bond donors (Lipinski definition) is 1. The van der Waals surface area contributed by atoms with Gasteiger partial charge in [-0.3, -0.25) is 4.79 Å². The number of benzene rings is 1. The fraction of sp³-hybridized carbons (Fsp3) is 0.562. The lowest BCUT2D eigenvalue weighted by Gasteiger charge is -2.35. The Morgan fingerprint density at radius 2 is 2.00 bits per heavy atom. The Morgan fingerprint density at radius 1 is 1.38 bits per heavy atom. The molecular formula is C16H22FNO3. The summed E-state index contributed by atoms with van der Waals surface area (Å²) in [5, 5.41) is 0. The van der Waals surface area contributed by atoms with Crippen molar-refractivity contribution in [2.75, 3.05) is 26.9 Å². The Bertz CT molecular complexity index is 471. The average Bonchev–Trinajstić information content (AvgIpc) is 2.54. The van der Waals surface area contributed by atoms with Crippen LogP contribution in [-0.4, -0.2) is 32.8 Å². The monoisotopic (exact) mass is 295 g/mol. The van der Waals surface area contributed by atoms with Crippen LogP contribution in [0.2, 0.25) is 0 Å². The summed E-state index contributed by atoms with van der Waals surface area (Å²) in [6.07, 6.45) is 2.41. The van der Waals surface area contributed by atoms with Crippen LogP contribution in [-0.2, 0) is 19.7 Å². The first-order chi connectivity index (χ1) is 10.1. The Kier molecular flexibility index (Phi) is 5.31. The molecule has 1 aromatic carbocycles. The highest BCUT2D eigenvalue weighted by Crippen LogP contribution is 2.35. The highest BCUT2D eigenvalue weighted by molar-refractivity contribution is 5.83. The predicted octanol–water partition coefficient (Wildman–Crippen LogP) is 2.01. The summed E-state index contributed by atoms with van der Waals surface area (Å²) in [5.41, 5.74) is 5.75. The molecule has 0 aliphatic carbocycles. The smallest absolute Gasteiger partial charge is 0.317 e. The minimum absolute atomic E-state index is 0.142. The maximum atomic E-state index is 13.2. The molecule has 0 radical (unpaired) electrons. The van der Waals surface area contributed by atoms with Crippen molar-refractivity contribution in [1.82, 2.24) is 0 Å². The molecule has 21 heavy (non-hydrogen) atoms. The highest BCUT2D eigenvalue weighted by atomic mass is 19.1. The van der Waals surface area contributed by atoms with Gasteiger partial charge in [0.2, 0.25) is 0 Å². The molecule has 1 aliphatic heterocycles. The number of hydrogen-bond acceptors (Lipinski definition) is 4. The van der Waals surface area contributed by atoms with Crippen LogP contribution < -0.4 is 5.73 Å². The van der Waals surface area contributed by atoms with E-state index in [1.54, 1.807) is 12.1 Å². The number of methoxy groups -OCH3 is 1. The molecule has 1 saturated heterocycles. The van der Waals surface area contributed by atoms with Gasteiger partial charge in [0.1, 0.15) is 11.2 Å². The van der Waals surface area contributed by atoms with Gasteiger partial charge in [-0.2, -0.15) is 0 Å². The van der Waals surface area contributed by atoms with E-state index < -0.39 is 5.41 Å². The molecule has 1 atom stereocenters. The number of carbonyl (C=O) groups is 1. The molecule has 1 aromatic rings. The molecule has 1 heterocycles. The zero-order valence-corrected chi connectivity index (χ0v) is 12.3. The van der Waals surface area contributed by atoms with Crippen molar-refractivity contribution < 1.29 is 18.7 Å². The molecule has 1 aliphatic rings. The van der Waals surface area contributed by atoms with Crippen LogP contribution in [0.3, 0.4) is 0 Å². The lowest BCUT2D eigenvalue weighted by molar-refractivity contribution is -0.148. The lowest BCUT2D eigenvalue weighted by atomic mass is 9.72. The highest BCUT2D eigenvalue weighted by Gasteiger charge is 2.42. The predicted molar refractivity (Wildman–Crippen MR) is 77.3 cm³/mol. The van der Waals surface area contributed by atoms with Gasteiger partial charge >= 0.3 is 5.97 Å². The summed E-state index contributed by atoms with van der Waals surface area (Å²) in [7, 11) is 1.36. The zero-order valence-electron chi connectivity index (χ0n) is 12.3. The molecule has 4 nitrogen and oxygen atoms in total. The van der Waals surface area contributed by atoms with Crippen LogP contribution in [0.1, 0.15) is 24.8 Å². The standard InChI is InChI=1S/C16H22FNO3/c1-20-15(19)16(11-18,10-12-6-8-21-9-7-12)13-2-4-14(17)5-3-13/h2-5,12H,6-11,18H2,1H3. The maximum absolute atomic E-state index is 13.2. The van der Waals surface area contributed by atoms with Crippen molar-refractivity contribution in [3.8, 4) is 0 Å². The SMILES string of the molecule is COC(=O)C(CN)(CC1CCOCC1)c1ccc(F)cc1. The Hall–Kier alpha value is -1.46. The third-order valence-electron chi connectivity index (χ3n) is 4.30. The van der Waals surface area contributed by atoms with Crippen molar-refractivity contribution in [1.29, 1.82) is 0 Å². The lowest BCUT2D eigenvalue weighted by Crippen LogP contribution is -2.46. The van der Waals surface area contributed by atoms with Crippen molar-refractivity contribution in [2.24, 2.45) is 11.7 Å². The quantitative estimate of drug-likeness (QED) is 0.844. The van der Waals surface area contributed by atoms with Gasteiger partial charge in [0, 0.05) is 19.8 Å². The molecule has 0 spiro atoms. The van der Waals surface area contributed by atoms with Gasteiger partial charge in [-0.05, 0) is 42.9 Å². The van der Waals surface area contributed by atoms with Crippen LogP contribution in [0, 0.1) is 11.7 Å². The van der Waals surface area contributed by atoms with Crippen molar-refractivity contribution in [3.63, 3.8) is 0 Å². The van der Waals surface area contributed by atoms with Crippen molar-refractivity contribution in [2.45, 2.75) is 24.7 Å². The molecule has 0 aromatic heterocycles. The first-order valence-electron chi connectivity index (χ1n) is 7.24. The normalized spacial score (nSPS) is 19.0. The molecule has 0 amide bonds. The Labute approximate surface area is 124 Å². The average molecular weight is 295 g/mol. The van der Waals surface area contributed by atoms with Crippen LogP contribution >= 0.6 is 0 Å². The third-order valence-corrected chi connectivity index (χ3v) is 4.30. The summed E-state index contributed by atoms with van der Waals surface area (Å²) < 4.78 is 23.5. The number of halogens is 1. The van der Waals surface area contributed by atoms with Gasteiger partial charge in [0.15, 0.2) is 0 Å². The topological polar surface area (TPSA) is 61.5 Å². The minimum Gasteiger partial charge on any atom is -0.468 e. The van der Waals surface area contributed by atoms with Crippen molar-refractivity contribution in [3.05, 3.63) is 35.6 Å². The van der Waals surface area contributed by atoms with E-state index >= 15 is 0 Å². The minimum atomic E-state index is -0.912. The molecular weight excluding hydrogens is 273 g/mol. The third kappa shape index (κ3) is 3.41. The van der Waals surface area contributed by atoms with E-state index in [-0.39, 0.29) is 18.3 Å². The first kappa shape index (κ1) is 15.9. The van der Waals surface area contributed by atoms with E-state index in [1.807, 2.05) is 0 Å². The van der Waals surface area contributed by atoms with Gasteiger partial charge in [-0.25, -0.2) is 4.39 Å². The van der Waals surface area contributed by atoms with Gasteiger partial charge in [-0.1, -0.05) is 12.1 Å². The summed E-state index contributed by atoms with van der Waals surface area (Å²) in [5.74, 6) is -0.338. The summed E-state index contributed by atoms with van der Waals surface area (Å²) in [6.45, 7) is 1.55. The van der Waals surface area contributed by atoms with E-state index in [1.165, 1.54) is 19.2 Å². The fourth-order valence-electron chi connectivity index (χ4n) is 3.01. The van der Waals surface area contributed by atoms with Gasteiger partial charge < -0.3 is 15.2 Å². The molecule has 5 heteroatoms. The summed E-state index contributed by atoms with van der Waals surface area (Å²) >= 11 is 0. The van der Waals surface area contributed by atoms with Crippen LogP contribution in [0.4, 0.5) is 4.39 Å². The molecule has 0 bridgehead atoms. The van der Waals surface area contributed by atoms with Gasteiger partial charge in [0.05, 0.1) is 7.11 Å². The molecule has 116 valence electrons. The molecule has 1 unspecified atom stereocenters. The Morgan fingerprint density at radius 3 is 2.52 bits per heavy atom. The van der Waals surface area contributed by atoms with E-state index in [2.05, 4.69) is 0 Å².